The van der Waals surface area contributed by atoms with Gasteiger partial charge >= 0.3 is 17.9 Å². The number of halogens is 4. The number of aromatic amines is 7. The van der Waals surface area contributed by atoms with Crippen LogP contribution in [0, 0.1) is 13.8 Å². The second kappa shape index (κ2) is 35.0. The minimum atomic E-state index is -0.917. The maximum atomic E-state index is 11.6. The summed E-state index contributed by atoms with van der Waals surface area (Å²) < 4.78 is 4.19. The van der Waals surface area contributed by atoms with Gasteiger partial charge in [0, 0.05) is 187 Å². The minimum absolute atomic E-state index is 0.296. The standard InChI is InChI=1S/C26H18N2O2.C25H15BrN2O2.C25H16N2O2.C24H16BrN3.C23H13Br2N3/c1-14-24(19-8-4-5-9-22(19)27-14)23-13-21-20-12-15(26(29)30)10-11-17(20)16-6-2-3-7-18(16)25(21)28-23;26-14-6-8-22-19(10-14)21(12-27-22)23-11-20-18-9-13(25(29)30)5-7-16(18)15-3-1-2-4-17(15)24(20)28-23;28-25(29)14-9-10-16-15-5-1-2-7-18(15)24-20(19(16)11-14)12-23(27-24)21-13-26-22-8-4-3-6-17(21)22;1-13-21(18-8-4-5-9-20(18)26-13)24-27-22-17-7-3-2-6-15(17)16-11-10-14(25)12-19(16)23(22)28-24;24-12-5-7-15-14-3-1-2-4-16(14)21-22(18(15)10-12)28-23(27-21)19-11-26-20-8-6-13(25)9-17(19)20/h2-12,27H,13H2,1H3,(H,29,30);1-10,12,27H,11H2,(H,29,30);1-11,13,26H,12H2,(H,28,29);2-12,26H,1H3,(H,27,28);1-11,26H,(H,27,28). The zero-order valence-electron chi connectivity index (χ0n) is 77.3. The van der Waals surface area contributed by atoms with Gasteiger partial charge in [-0.3, -0.25) is 15.0 Å². The number of nitrogens with zero attached hydrogens (tertiary/aromatic N) is 5. The number of fused-ring (bicyclic) bond motifs is 35. The Hall–Kier alpha value is -17.0. The lowest BCUT2D eigenvalue weighted by Gasteiger charge is -2.11. The number of nitrogens with one attached hydrogen (secondary N) is 7. The highest BCUT2D eigenvalue weighted by atomic mass is 79.9. The van der Waals surface area contributed by atoms with Crippen LogP contribution in [0.1, 0.15) is 75.8 Å². The second-order valence-corrected chi connectivity index (χ2v) is 40.6. The molecule has 10 N–H and O–H groups in total. The summed E-state index contributed by atoms with van der Waals surface area (Å²) >= 11 is 14.4. The summed E-state index contributed by atoms with van der Waals surface area (Å²) in [4.78, 5) is 84.4. The Balaban J connectivity index is 0.0000000923. The van der Waals surface area contributed by atoms with E-state index in [1.165, 1.54) is 43.1 Å². The zero-order valence-corrected chi connectivity index (χ0v) is 83.6. The molecule has 10 heterocycles. The molecule has 0 amide bonds. The maximum Gasteiger partial charge on any atom is 0.335 e. The van der Waals surface area contributed by atoms with Crippen molar-refractivity contribution < 1.29 is 29.7 Å². The predicted octanol–water partition coefficient (Wildman–Crippen LogP) is 33.3. The number of aliphatic imine (C=N–C) groups is 3. The van der Waals surface area contributed by atoms with Crippen molar-refractivity contribution in [3.8, 4) is 22.8 Å². The molecule has 0 fully saturated rings. The minimum Gasteiger partial charge on any atom is -0.478 e. The van der Waals surface area contributed by atoms with Gasteiger partial charge < -0.3 is 50.2 Å². The van der Waals surface area contributed by atoms with Crippen LogP contribution in [0.25, 0.3) is 207 Å². The summed E-state index contributed by atoms with van der Waals surface area (Å²) in [6, 6.07) is 108. The number of aromatic carboxylic acids is 3. The van der Waals surface area contributed by atoms with Gasteiger partial charge in [0.1, 0.15) is 11.6 Å². The van der Waals surface area contributed by atoms with Crippen LogP contribution in [0.15, 0.2) is 373 Å². The molecule has 3 aliphatic heterocycles. The van der Waals surface area contributed by atoms with Crippen molar-refractivity contribution in [2.45, 2.75) is 33.1 Å². The Bertz CT molecular complexity index is 10400. The number of hydrogen-bond acceptors (Lipinski definition) is 8. The first-order valence-electron chi connectivity index (χ1n) is 47.4. The Morgan fingerprint density at radius 3 is 0.979 bits per heavy atom. The fourth-order valence-corrected chi connectivity index (χ4v) is 23.7. The molecule has 145 heavy (non-hydrogen) atoms. The van der Waals surface area contributed by atoms with Crippen molar-refractivity contribution in [2.24, 2.45) is 15.0 Å². The summed E-state index contributed by atoms with van der Waals surface area (Å²) in [6.07, 6.45) is 8.08. The van der Waals surface area contributed by atoms with Crippen molar-refractivity contribution in [3.63, 3.8) is 0 Å². The fourth-order valence-electron chi connectivity index (χ4n) is 22.2. The van der Waals surface area contributed by atoms with E-state index in [1.807, 2.05) is 110 Å². The van der Waals surface area contributed by atoms with Crippen molar-refractivity contribution in [1.29, 1.82) is 0 Å². The molecule has 0 spiro atoms. The van der Waals surface area contributed by atoms with E-state index in [2.05, 4.69) is 307 Å². The molecule has 7 aromatic heterocycles. The number of benzene rings is 20. The number of rotatable bonds is 8. The number of carboxylic acid groups (broad SMARTS) is 3. The second-order valence-electron chi connectivity index (χ2n) is 37.0. The van der Waals surface area contributed by atoms with Crippen molar-refractivity contribution >= 4 is 300 Å². The SMILES string of the molecule is Brc1ccc2[nH]cc(-c3nc4c5cc(Br)ccc5c5ccccc5c4[nH]3)c2c1.Cc1[nH]c2ccccc2c1-c1nc2c3cc(Br)ccc3c3ccccc3c2[nH]1.Cc1[nH]c2ccccc2c1C1=Nc2c(c3cc(C(=O)O)ccc3c3ccccc23)C1.O=C(O)c1ccc2c(c1)c1c(c3ccccc32)N=C(c2c[nH]c3ccc(Br)cc23)C1.O=C(O)c1ccc2c(c1)c1c(c3ccccc32)N=C(c2c[nH]c3ccccc23)C1. The third kappa shape index (κ3) is 14.9. The largest absolute Gasteiger partial charge is 0.478 e. The molecule has 0 saturated heterocycles. The van der Waals surface area contributed by atoms with Gasteiger partial charge in [0.15, 0.2) is 0 Å². The van der Waals surface area contributed by atoms with Crippen LogP contribution in [-0.4, -0.2) is 95.2 Å². The molecule has 22 heteroatoms. The molecule has 0 saturated carbocycles. The molecule has 20 aromatic carbocycles. The number of carbonyl (C=O) groups is 3. The van der Waals surface area contributed by atoms with E-state index in [0.29, 0.717) is 36.0 Å². The normalized spacial score (nSPS) is 12.7. The lowest BCUT2D eigenvalue weighted by Crippen LogP contribution is -2.02. The molecule has 0 unspecified atom stereocenters. The van der Waals surface area contributed by atoms with Gasteiger partial charge in [-0.05, 0) is 216 Å². The average molecular weight is 2140 g/mol. The molecular formula is C123H78Br4N12O6. The molecule has 18 nitrogen and oxygen atoms in total. The van der Waals surface area contributed by atoms with E-state index in [1.54, 1.807) is 36.4 Å². The number of H-pyrrole nitrogens is 7. The maximum absolute atomic E-state index is 11.6. The molecular weight excluding hydrogens is 2060 g/mol. The van der Waals surface area contributed by atoms with E-state index in [4.69, 9.17) is 24.9 Å². The van der Waals surface area contributed by atoms with Crippen LogP contribution in [0.5, 0.6) is 0 Å². The Morgan fingerprint density at radius 2 is 0.545 bits per heavy atom. The van der Waals surface area contributed by atoms with Gasteiger partial charge in [0.25, 0.3) is 0 Å². The van der Waals surface area contributed by atoms with Crippen LogP contribution in [-0.2, 0) is 19.3 Å². The molecule has 3 aliphatic rings. The average Bonchev–Trinajstić information content (AvgIpc) is 1.57. The first-order chi connectivity index (χ1) is 70.8. The molecule has 694 valence electrons. The quantitative estimate of drug-likeness (QED) is 0.0651. The highest BCUT2D eigenvalue weighted by molar-refractivity contribution is 9.11. The van der Waals surface area contributed by atoms with Crippen molar-refractivity contribution in [2.75, 3.05) is 0 Å². The third-order valence-corrected chi connectivity index (χ3v) is 30.7. The van der Waals surface area contributed by atoms with E-state index < -0.39 is 17.9 Å². The zero-order chi connectivity index (χ0) is 98.0. The highest BCUT2D eigenvalue weighted by Crippen LogP contribution is 2.50. The highest BCUT2D eigenvalue weighted by Gasteiger charge is 2.31. The molecule has 0 bridgehead atoms. The number of hydrogen-bond donors (Lipinski definition) is 10. The first kappa shape index (κ1) is 88.2. The Labute approximate surface area is 857 Å². The third-order valence-electron chi connectivity index (χ3n) is 28.7. The van der Waals surface area contributed by atoms with Crippen LogP contribution < -0.4 is 0 Å². The van der Waals surface area contributed by atoms with E-state index in [0.717, 1.165) is 261 Å². The van der Waals surface area contributed by atoms with Crippen LogP contribution in [0.3, 0.4) is 0 Å². The van der Waals surface area contributed by atoms with Gasteiger partial charge in [-0.2, -0.15) is 0 Å². The predicted molar refractivity (Wildman–Crippen MR) is 607 cm³/mol. The molecule has 27 aromatic rings. The summed E-state index contributed by atoms with van der Waals surface area (Å²) in [5, 5.41) is 56.6. The number of aromatic nitrogens is 9. The summed E-state index contributed by atoms with van der Waals surface area (Å²) in [7, 11) is 0. The summed E-state index contributed by atoms with van der Waals surface area (Å²) in [5.74, 6) is -0.964. The lowest BCUT2D eigenvalue weighted by atomic mass is 9.92. The fraction of sp³-hybridized carbons (Fsp3) is 0.0407. The number of imidazole rings is 2. The van der Waals surface area contributed by atoms with Crippen LogP contribution in [0.4, 0.5) is 17.1 Å². The molecule has 0 aliphatic carbocycles. The smallest absolute Gasteiger partial charge is 0.335 e. The first-order valence-corrected chi connectivity index (χ1v) is 50.6. The van der Waals surface area contributed by atoms with Crippen LogP contribution >= 0.6 is 63.7 Å². The Morgan fingerprint density at radius 1 is 0.255 bits per heavy atom. The summed E-state index contributed by atoms with van der Waals surface area (Å²) in [6.45, 7) is 4.19. The van der Waals surface area contributed by atoms with Gasteiger partial charge in [0.2, 0.25) is 0 Å². The molecule has 0 radical (unpaired) electrons. The van der Waals surface area contributed by atoms with Gasteiger partial charge in [-0.25, -0.2) is 24.4 Å². The lowest BCUT2D eigenvalue weighted by molar-refractivity contribution is 0.0686. The van der Waals surface area contributed by atoms with Crippen molar-refractivity contribution in [3.05, 3.63) is 419 Å². The van der Waals surface area contributed by atoms with Crippen LogP contribution in [0.2, 0.25) is 0 Å². The summed E-state index contributed by atoms with van der Waals surface area (Å²) in [5.41, 5.74) is 27.5. The van der Waals surface area contributed by atoms with Gasteiger partial charge in [-0.1, -0.05) is 270 Å². The molecule has 30 rings (SSSR count). The van der Waals surface area contributed by atoms with Gasteiger partial charge in [0.05, 0.1) is 73.0 Å². The van der Waals surface area contributed by atoms with E-state index >= 15 is 0 Å². The molecule has 0 atom stereocenters. The number of aryl methyl sites for hydroxylation is 2. The van der Waals surface area contributed by atoms with Gasteiger partial charge in [-0.15, -0.1) is 0 Å². The topological polar surface area (TPSA) is 285 Å². The van der Waals surface area contributed by atoms with E-state index in [-0.39, 0.29) is 0 Å². The monoisotopic (exact) mass is 2130 g/mol. The Kier molecular flexibility index (Phi) is 21.3. The van der Waals surface area contributed by atoms with E-state index in [9.17, 15) is 29.7 Å². The number of carboxylic acids is 3. The number of para-hydroxylation sites is 3. The van der Waals surface area contributed by atoms with Crippen molar-refractivity contribution in [1.82, 2.24) is 44.9 Å².